The number of benzene rings is 1. The van der Waals surface area contributed by atoms with Gasteiger partial charge in [-0.15, -0.1) is 0 Å². The van der Waals surface area contributed by atoms with Gasteiger partial charge in [-0.3, -0.25) is 0 Å². The van der Waals surface area contributed by atoms with Crippen molar-refractivity contribution in [1.82, 2.24) is 4.90 Å². The van der Waals surface area contributed by atoms with Crippen molar-refractivity contribution in [2.45, 2.75) is 71.2 Å². The first kappa shape index (κ1) is 20.5. The summed E-state index contributed by atoms with van der Waals surface area (Å²) in [6.45, 7) is 14.9. The maximum atomic E-state index is 12.2. The molecule has 1 amide bonds. The lowest BCUT2D eigenvalue weighted by Crippen LogP contribution is -2.50. The van der Waals surface area contributed by atoms with E-state index >= 15 is 0 Å². The molecule has 0 bridgehead atoms. The van der Waals surface area contributed by atoms with E-state index in [9.17, 15) is 4.79 Å². The maximum absolute atomic E-state index is 12.2. The molecule has 3 rings (SSSR count). The van der Waals surface area contributed by atoms with Gasteiger partial charge in [-0.05, 0) is 65.6 Å². The molecule has 0 spiro atoms. The number of ether oxygens (including phenoxy) is 1. The van der Waals surface area contributed by atoms with Crippen LogP contribution in [0.2, 0.25) is 5.02 Å². The summed E-state index contributed by atoms with van der Waals surface area (Å²) < 4.78 is 17.7. The van der Waals surface area contributed by atoms with Crippen LogP contribution in [0, 0.1) is 0 Å². The minimum Gasteiger partial charge on any atom is -0.444 e. The van der Waals surface area contributed by atoms with Gasteiger partial charge in [0.15, 0.2) is 0 Å². The predicted octanol–water partition coefficient (Wildman–Crippen LogP) is 3.97. The number of hydrogen-bond donors (Lipinski definition) is 0. The van der Waals surface area contributed by atoms with Gasteiger partial charge in [0.25, 0.3) is 0 Å². The van der Waals surface area contributed by atoms with Gasteiger partial charge in [0.2, 0.25) is 0 Å². The van der Waals surface area contributed by atoms with Gasteiger partial charge >= 0.3 is 13.2 Å². The summed E-state index contributed by atoms with van der Waals surface area (Å²) in [5.41, 5.74) is 0.701. The molecule has 148 valence electrons. The van der Waals surface area contributed by atoms with Crippen molar-refractivity contribution in [3.05, 3.63) is 28.8 Å². The monoisotopic (exact) mass is 393 g/mol. The first-order chi connectivity index (χ1) is 12.3. The second-order valence-corrected chi connectivity index (χ2v) is 9.86. The highest BCUT2D eigenvalue weighted by Gasteiger charge is 2.52. The molecule has 5 nitrogen and oxygen atoms in total. The van der Waals surface area contributed by atoms with E-state index in [1.807, 2.05) is 66.7 Å². The fraction of sp³-hybridized carbons (Fsp3) is 0.650. The summed E-state index contributed by atoms with van der Waals surface area (Å²) in [6, 6.07) is 5.87. The Bertz CT molecular complexity index is 722. The largest absolute Gasteiger partial charge is 0.494 e. The van der Waals surface area contributed by atoms with E-state index in [0.29, 0.717) is 18.1 Å². The highest BCUT2D eigenvalue weighted by Crippen LogP contribution is 2.37. The fourth-order valence-electron chi connectivity index (χ4n) is 3.15. The van der Waals surface area contributed by atoms with Crippen LogP contribution in [0.1, 0.15) is 59.9 Å². The second-order valence-electron chi connectivity index (χ2n) is 9.45. The van der Waals surface area contributed by atoms with Crippen LogP contribution in [-0.4, -0.2) is 48.0 Å². The highest BCUT2D eigenvalue weighted by atomic mass is 35.5. The first-order valence-corrected chi connectivity index (χ1v) is 9.80. The lowest BCUT2D eigenvalue weighted by molar-refractivity contribution is 0.00578. The van der Waals surface area contributed by atoms with Gasteiger partial charge in [-0.2, -0.15) is 0 Å². The summed E-state index contributed by atoms with van der Waals surface area (Å²) >= 11 is 6.44. The molecule has 0 radical (unpaired) electrons. The molecular weight excluding hydrogens is 364 g/mol. The number of likely N-dealkylation sites (tertiary alicyclic amines) is 1. The summed E-state index contributed by atoms with van der Waals surface area (Å²) in [6.07, 6.45) is -0.281. The van der Waals surface area contributed by atoms with Crippen molar-refractivity contribution in [2.75, 3.05) is 13.1 Å². The van der Waals surface area contributed by atoms with Crippen molar-refractivity contribution in [3.63, 3.8) is 0 Å². The molecule has 0 atom stereocenters. The standard InChI is InChI=1S/C20H29BClNO4/c1-18(2,3)25-17(24)23-11-13(12-23)15-10-14(8-9-16(15)22)21-26-19(4,5)20(6,7)27-21/h8-10,13H,11-12H2,1-7H3. The van der Waals surface area contributed by atoms with Gasteiger partial charge in [-0.25, -0.2) is 4.79 Å². The van der Waals surface area contributed by atoms with Crippen molar-refractivity contribution >= 4 is 30.3 Å². The molecule has 1 aromatic carbocycles. The van der Waals surface area contributed by atoms with Crippen LogP contribution in [0.3, 0.4) is 0 Å². The molecule has 7 heteroatoms. The fourth-order valence-corrected chi connectivity index (χ4v) is 3.42. The number of hydrogen-bond acceptors (Lipinski definition) is 4. The van der Waals surface area contributed by atoms with Crippen LogP contribution in [0.15, 0.2) is 18.2 Å². The summed E-state index contributed by atoms with van der Waals surface area (Å²) in [4.78, 5) is 13.9. The minimum absolute atomic E-state index is 0.187. The number of halogens is 1. The molecule has 2 fully saturated rings. The van der Waals surface area contributed by atoms with E-state index in [1.165, 1.54) is 0 Å². The normalized spacial score (nSPS) is 21.9. The van der Waals surface area contributed by atoms with Crippen LogP contribution in [0.4, 0.5) is 4.79 Å². The Morgan fingerprint density at radius 1 is 1.19 bits per heavy atom. The van der Waals surface area contributed by atoms with Gasteiger partial charge in [0.1, 0.15) is 5.60 Å². The molecule has 0 unspecified atom stereocenters. The smallest absolute Gasteiger partial charge is 0.444 e. The van der Waals surface area contributed by atoms with Crippen LogP contribution < -0.4 is 5.46 Å². The van der Waals surface area contributed by atoms with E-state index in [0.717, 1.165) is 11.0 Å². The van der Waals surface area contributed by atoms with Crippen LogP contribution in [0.5, 0.6) is 0 Å². The van der Waals surface area contributed by atoms with Crippen LogP contribution in [0.25, 0.3) is 0 Å². The number of carbonyl (C=O) groups excluding carboxylic acids is 1. The number of rotatable bonds is 2. The molecular formula is C20H29BClNO4. The second kappa shape index (κ2) is 6.68. The van der Waals surface area contributed by atoms with Crippen molar-refractivity contribution in [2.24, 2.45) is 0 Å². The zero-order valence-corrected chi connectivity index (χ0v) is 18.0. The molecule has 0 saturated carbocycles. The van der Waals surface area contributed by atoms with E-state index < -0.39 is 12.7 Å². The summed E-state index contributed by atoms with van der Waals surface area (Å²) in [5, 5.41) is 0.698. The number of amides is 1. The van der Waals surface area contributed by atoms with E-state index in [2.05, 4.69) is 0 Å². The minimum atomic E-state index is -0.490. The molecule has 2 heterocycles. The van der Waals surface area contributed by atoms with Crippen LogP contribution >= 0.6 is 11.6 Å². The molecule has 0 aliphatic carbocycles. The lowest BCUT2D eigenvalue weighted by atomic mass is 9.76. The first-order valence-electron chi connectivity index (χ1n) is 9.42. The van der Waals surface area contributed by atoms with Gasteiger partial charge in [0.05, 0.1) is 11.2 Å². The van der Waals surface area contributed by atoms with Crippen molar-refractivity contribution in [3.8, 4) is 0 Å². The molecule has 2 saturated heterocycles. The average molecular weight is 394 g/mol. The molecule has 0 aromatic heterocycles. The molecule has 2 aliphatic heterocycles. The zero-order valence-electron chi connectivity index (χ0n) is 17.3. The Morgan fingerprint density at radius 3 is 2.26 bits per heavy atom. The summed E-state index contributed by atoms with van der Waals surface area (Å²) in [7, 11) is -0.423. The predicted molar refractivity (Wildman–Crippen MR) is 108 cm³/mol. The lowest BCUT2D eigenvalue weighted by Gasteiger charge is -2.40. The Labute approximate surface area is 167 Å². The Kier molecular flexibility index (Phi) is 5.07. The summed E-state index contributed by atoms with van der Waals surface area (Å²) in [5.74, 6) is 0.187. The van der Waals surface area contributed by atoms with E-state index in [1.54, 1.807) is 4.90 Å². The number of nitrogens with zero attached hydrogens (tertiary/aromatic N) is 1. The van der Waals surface area contributed by atoms with Crippen molar-refractivity contribution < 1.29 is 18.8 Å². The van der Waals surface area contributed by atoms with Gasteiger partial charge in [-0.1, -0.05) is 23.7 Å². The third-order valence-corrected chi connectivity index (χ3v) is 5.86. The Hall–Kier alpha value is -1.24. The third-order valence-electron chi connectivity index (χ3n) is 5.52. The van der Waals surface area contributed by atoms with Crippen LogP contribution in [-0.2, 0) is 14.0 Å². The van der Waals surface area contributed by atoms with E-state index in [-0.39, 0.29) is 23.2 Å². The molecule has 0 N–H and O–H groups in total. The third kappa shape index (κ3) is 4.13. The topological polar surface area (TPSA) is 48.0 Å². The van der Waals surface area contributed by atoms with Gasteiger partial charge < -0.3 is 18.9 Å². The zero-order chi connectivity index (χ0) is 20.2. The Balaban J connectivity index is 1.70. The molecule has 27 heavy (non-hydrogen) atoms. The van der Waals surface area contributed by atoms with Crippen molar-refractivity contribution in [1.29, 1.82) is 0 Å². The molecule has 1 aromatic rings. The SMILES string of the molecule is CC(C)(C)OC(=O)N1CC(c2cc(B3OC(C)(C)C(C)(C)O3)ccc2Cl)C1. The molecule has 2 aliphatic rings. The van der Waals surface area contributed by atoms with E-state index in [4.69, 9.17) is 25.6 Å². The highest BCUT2D eigenvalue weighted by molar-refractivity contribution is 6.62. The quantitative estimate of drug-likeness (QED) is 0.713. The average Bonchev–Trinajstić information content (AvgIpc) is 2.65. The Morgan fingerprint density at radius 2 is 1.74 bits per heavy atom. The number of carbonyl (C=O) groups is 1. The van der Waals surface area contributed by atoms with Gasteiger partial charge in [0, 0.05) is 24.0 Å². The maximum Gasteiger partial charge on any atom is 0.494 e.